The molecule has 0 atom stereocenters. The highest BCUT2D eigenvalue weighted by Crippen LogP contribution is 2.23. The van der Waals surface area contributed by atoms with Crippen molar-refractivity contribution in [2.45, 2.75) is 13.8 Å². The van der Waals surface area contributed by atoms with E-state index in [9.17, 15) is 4.79 Å². The molecule has 1 saturated heterocycles. The number of pyridine rings is 1. The maximum absolute atomic E-state index is 13.4. The molecule has 2 aromatic carbocycles. The fourth-order valence-corrected chi connectivity index (χ4v) is 4.69. The van der Waals surface area contributed by atoms with Gasteiger partial charge >= 0.3 is 0 Å². The molecule has 35 heavy (non-hydrogen) atoms. The van der Waals surface area contributed by atoms with Gasteiger partial charge in [-0.05, 0) is 44.2 Å². The van der Waals surface area contributed by atoms with E-state index in [0.29, 0.717) is 37.6 Å². The predicted octanol–water partition coefficient (Wildman–Crippen LogP) is 3.94. The first-order valence-corrected chi connectivity index (χ1v) is 11.8. The molecule has 1 aliphatic heterocycles. The summed E-state index contributed by atoms with van der Waals surface area (Å²) in [6.45, 7) is 6.56. The number of rotatable bonds is 3. The number of carbonyl (C=O) groups excluding carboxylic acids is 1. The lowest BCUT2D eigenvalue weighted by Gasteiger charge is -2.35. The average Bonchev–Trinajstić information content (AvgIpc) is 3.28. The van der Waals surface area contributed by atoms with Crippen molar-refractivity contribution >= 4 is 33.7 Å². The first-order chi connectivity index (χ1) is 17.1. The van der Waals surface area contributed by atoms with Gasteiger partial charge in [0, 0.05) is 31.6 Å². The quantitative estimate of drug-likeness (QED) is 0.403. The second-order valence-electron chi connectivity index (χ2n) is 8.82. The Kier molecular flexibility index (Phi) is 5.13. The van der Waals surface area contributed by atoms with Gasteiger partial charge in [0.2, 0.25) is 0 Å². The minimum atomic E-state index is -0.00416. The van der Waals surface area contributed by atoms with E-state index in [1.807, 2.05) is 79.4 Å². The number of para-hydroxylation sites is 3. The minimum absolute atomic E-state index is 0.00416. The molecule has 3 aromatic heterocycles. The Morgan fingerprint density at radius 1 is 0.771 bits per heavy atom. The summed E-state index contributed by atoms with van der Waals surface area (Å²) in [5.41, 5.74) is 4.99. The normalized spacial score (nSPS) is 14.1. The summed E-state index contributed by atoms with van der Waals surface area (Å²) in [6, 6.07) is 19.8. The lowest BCUT2D eigenvalue weighted by atomic mass is 10.2. The second-order valence-corrected chi connectivity index (χ2v) is 8.82. The van der Waals surface area contributed by atoms with Gasteiger partial charge in [-0.1, -0.05) is 30.3 Å². The van der Waals surface area contributed by atoms with Crippen LogP contribution in [0.5, 0.6) is 0 Å². The van der Waals surface area contributed by atoms with Crippen LogP contribution in [0.4, 0.5) is 5.82 Å². The molecule has 5 aromatic rings. The first kappa shape index (κ1) is 21.2. The van der Waals surface area contributed by atoms with Crippen molar-refractivity contribution in [3.8, 4) is 5.82 Å². The number of piperazine rings is 1. The van der Waals surface area contributed by atoms with Crippen molar-refractivity contribution in [2.75, 3.05) is 31.1 Å². The third-order valence-electron chi connectivity index (χ3n) is 6.63. The van der Waals surface area contributed by atoms with Crippen molar-refractivity contribution in [1.29, 1.82) is 0 Å². The number of anilines is 1. The molecule has 1 amide bonds. The molecule has 0 N–H and O–H groups in total. The van der Waals surface area contributed by atoms with Gasteiger partial charge in [0.05, 0.1) is 39.7 Å². The molecule has 0 bridgehead atoms. The number of hydrogen-bond acceptors (Lipinski definition) is 6. The molecule has 0 radical (unpaired) electrons. The van der Waals surface area contributed by atoms with Gasteiger partial charge in [-0.3, -0.25) is 4.79 Å². The highest BCUT2D eigenvalue weighted by atomic mass is 16.2. The van der Waals surface area contributed by atoms with Gasteiger partial charge in [-0.15, -0.1) is 0 Å². The fourth-order valence-electron chi connectivity index (χ4n) is 4.69. The fraction of sp³-hybridized carbons (Fsp3) is 0.222. The topological polar surface area (TPSA) is 80.0 Å². The number of nitrogens with zero attached hydrogens (tertiary/aromatic N) is 7. The molecule has 0 unspecified atom stereocenters. The van der Waals surface area contributed by atoms with Gasteiger partial charge in [0.25, 0.3) is 5.91 Å². The molecule has 174 valence electrons. The van der Waals surface area contributed by atoms with E-state index in [4.69, 9.17) is 15.0 Å². The van der Waals surface area contributed by atoms with Crippen LogP contribution in [0, 0.1) is 13.8 Å². The average molecular weight is 464 g/mol. The van der Waals surface area contributed by atoms with Crippen molar-refractivity contribution in [2.24, 2.45) is 0 Å². The van der Waals surface area contributed by atoms with Gasteiger partial charge in [-0.2, -0.15) is 5.10 Å². The number of aryl methyl sites for hydroxylation is 1. The maximum atomic E-state index is 13.4. The van der Waals surface area contributed by atoms with Crippen molar-refractivity contribution < 1.29 is 4.79 Å². The number of fused-ring (bicyclic) bond motifs is 2. The maximum Gasteiger partial charge on any atom is 0.257 e. The highest BCUT2D eigenvalue weighted by molar-refractivity contribution is 5.95. The predicted molar refractivity (Wildman–Crippen MR) is 136 cm³/mol. The number of hydrogen-bond donors (Lipinski definition) is 0. The molecule has 1 aliphatic rings. The Balaban J connectivity index is 1.20. The summed E-state index contributed by atoms with van der Waals surface area (Å²) in [5, 5.41) is 5.56. The van der Waals surface area contributed by atoms with Crippen LogP contribution >= 0.6 is 0 Å². The zero-order chi connectivity index (χ0) is 23.9. The van der Waals surface area contributed by atoms with Crippen LogP contribution < -0.4 is 4.90 Å². The summed E-state index contributed by atoms with van der Waals surface area (Å²) < 4.78 is 1.74. The third-order valence-corrected chi connectivity index (χ3v) is 6.63. The van der Waals surface area contributed by atoms with Crippen LogP contribution in [-0.4, -0.2) is 61.7 Å². The van der Waals surface area contributed by atoms with E-state index in [0.717, 1.165) is 39.1 Å². The van der Waals surface area contributed by atoms with Gasteiger partial charge in [0.1, 0.15) is 0 Å². The molecule has 0 aliphatic carbocycles. The van der Waals surface area contributed by atoms with Crippen LogP contribution in [-0.2, 0) is 0 Å². The van der Waals surface area contributed by atoms with Crippen LogP contribution in [0.3, 0.4) is 0 Å². The summed E-state index contributed by atoms with van der Waals surface area (Å²) in [7, 11) is 0. The monoisotopic (exact) mass is 463 g/mol. The molecule has 0 spiro atoms. The zero-order valence-electron chi connectivity index (χ0n) is 19.7. The molecule has 4 heterocycles. The zero-order valence-corrected chi connectivity index (χ0v) is 19.7. The van der Waals surface area contributed by atoms with Gasteiger partial charge in [-0.25, -0.2) is 19.6 Å². The summed E-state index contributed by atoms with van der Waals surface area (Å²) in [6.07, 6.45) is 1.65. The van der Waals surface area contributed by atoms with Crippen molar-refractivity contribution in [3.05, 3.63) is 83.8 Å². The Labute approximate surface area is 202 Å². The van der Waals surface area contributed by atoms with E-state index in [1.165, 1.54) is 0 Å². The standard InChI is InChI=1S/C27H25N7O/c1-18-26(31-24-10-6-5-9-23(24)29-18)32-13-15-33(16-14-32)27(35)21-17-28-34(19(21)2)25-12-11-20-7-3-4-8-22(20)30-25/h3-12,17H,13-16H2,1-2H3. The van der Waals surface area contributed by atoms with E-state index in [1.54, 1.807) is 10.9 Å². The minimum Gasteiger partial charge on any atom is -0.352 e. The summed E-state index contributed by atoms with van der Waals surface area (Å²) in [5.74, 6) is 1.59. The van der Waals surface area contributed by atoms with Crippen molar-refractivity contribution in [1.82, 2.24) is 29.6 Å². The SMILES string of the molecule is Cc1nc2ccccc2nc1N1CCN(C(=O)c2cnn(-c3ccc4ccccc4n3)c2C)CC1. The largest absolute Gasteiger partial charge is 0.352 e. The van der Waals surface area contributed by atoms with E-state index >= 15 is 0 Å². The van der Waals surface area contributed by atoms with Gasteiger partial charge < -0.3 is 9.80 Å². The Morgan fingerprint density at radius 3 is 2.23 bits per heavy atom. The van der Waals surface area contributed by atoms with Gasteiger partial charge in [0.15, 0.2) is 11.6 Å². The number of aromatic nitrogens is 5. The van der Waals surface area contributed by atoms with Crippen LogP contribution in [0.2, 0.25) is 0 Å². The number of carbonyl (C=O) groups is 1. The Bertz CT molecular complexity index is 1570. The molecule has 1 fully saturated rings. The van der Waals surface area contributed by atoms with E-state index < -0.39 is 0 Å². The molecule has 6 rings (SSSR count). The van der Waals surface area contributed by atoms with E-state index in [2.05, 4.69) is 10.00 Å². The molecule has 8 heteroatoms. The summed E-state index contributed by atoms with van der Waals surface area (Å²) >= 11 is 0. The summed E-state index contributed by atoms with van der Waals surface area (Å²) in [4.78, 5) is 31.7. The second kappa shape index (κ2) is 8.47. The Morgan fingerprint density at radius 2 is 1.46 bits per heavy atom. The molecule has 0 saturated carbocycles. The van der Waals surface area contributed by atoms with Crippen LogP contribution in [0.15, 0.2) is 66.9 Å². The molecule has 8 nitrogen and oxygen atoms in total. The van der Waals surface area contributed by atoms with Crippen LogP contribution in [0.1, 0.15) is 21.7 Å². The molecular weight excluding hydrogens is 438 g/mol. The van der Waals surface area contributed by atoms with E-state index in [-0.39, 0.29) is 5.91 Å². The highest BCUT2D eigenvalue weighted by Gasteiger charge is 2.27. The number of amides is 1. The third kappa shape index (κ3) is 3.77. The smallest absolute Gasteiger partial charge is 0.257 e. The Hall–Kier alpha value is -4.33. The van der Waals surface area contributed by atoms with Crippen LogP contribution in [0.25, 0.3) is 27.8 Å². The molecular formula is C27H25N7O. The van der Waals surface area contributed by atoms with Crippen molar-refractivity contribution in [3.63, 3.8) is 0 Å². The lowest BCUT2D eigenvalue weighted by Crippen LogP contribution is -2.49. The lowest BCUT2D eigenvalue weighted by molar-refractivity contribution is 0.0745. The first-order valence-electron chi connectivity index (χ1n) is 11.8. The number of benzene rings is 2.